The number of fused-ring (bicyclic) bond motifs is 1. The van der Waals surface area contributed by atoms with Crippen LogP contribution in [0.1, 0.15) is 16.7 Å². The Balaban J connectivity index is 1.75. The van der Waals surface area contributed by atoms with Gasteiger partial charge in [0.15, 0.2) is 0 Å². The standard InChI is InChI=1S/C18H17Cl2NO2/c1-23-16-4-2-12-6-7-21(11-14(12)9-16)18(22)10-13-8-15(19)3-5-17(13)20/h2-5,8-9H,6-7,10-11H2,1H3. The lowest BCUT2D eigenvalue weighted by Crippen LogP contribution is -2.36. The number of carbonyl (C=O) groups is 1. The van der Waals surface area contributed by atoms with Crippen LogP contribution in [0, 0.1) is 0 Å². The number of hydrogen-bond acceptors (Lipinski definition) is 2. The molecule has 3 rings (SSSR count). The summed E-state index contributed by atoms with van der Waals surface area (Å²) in [5, 5.41) is 1.16. The lowest BCUT2D eigenvalue weighted by molar-refractivity contribution is -0.131. The van der Waals surface area contributed by atoms with Gasteiger partial charge in [-0.25, -0.2) is 0 Å². The van der Waals surface area contributed by atoms with Crippen molar-refractivity contribution in [2.75, 3.05) is 13.7 Å². The van der Waals surface area contributed by atoms with Gasteiger partial charge in [-0.2, -0.15) is 0 Å². The Labute approximate surface area is 145 Å². The molecule has 2 aromatic carbocycles. The van der Waals surface area contributed by atoms with Crippen molar-refractivity contribution in [1.82, 2.24) is 4.90 Å². The monoisotopic (exact) mass is 349 g/mol. The molecule has 0 aromatic heterocycles. The van der Waals surface area contributed by atoms with Crippen molar-refractivity contribution in [2.45, 2.75) is 19.4 Å². The minimum Gasteiger partial charge on any atom is -0.497 e. The third-order valence-corrected chi connectivity index (χ3v) is 4.73. The molecule has 0 saturated heterocycles. The quantitative estimate of drug-likeness (QED) is 0.833. The number of methoxy groups -OCH3 is 1. The first kappa shape index (κ1) is 16.2. The Kier molecular flexibility index (Phi) is 4.79. The number of benzene rings is 2. The van der Waals surface area contributed by atoms with Gasteiger partial charge in [-0.15, -0.1) is 0 Å². The number of amides is 1. The van der Waals surface area contributed by atoms with E-state index in [0.717, 1.165) is 29.8 Å². The Bertz CT molecular complexity index is 746. The molecule has 1 amide bonds. The van der Waals surface area contributed by atoms with Gasteiger partial charge in [0, 0.05) is 23.1 Å². The highest BCUT2D eigenvalue weighted by Gasteiger charge is 2.22. The van der Waals surface area contributed by atoms with Gasteiger partial charge in [-0.05, 0) is 53.4 Å². The summed E-state index contributed by atoms with van der Waals surface area (Å²) >= 11 is 12.1. The highest BCUT2D eigenvalue weighted by molar-refractivity contribution is 6.33. The molecule has 0 saturated carbocycles. The molecule has 2 aromatic rings. The zero-order valence-corrected chi connectivity index (χ0v) is 14.3. The lowest BCUT2D eigenvalue weighted by atomic mass is 9.99. The maximum absolute atomic E-state index is 12.6. The summed E-state index contributed by atoms with van der Waals surface area (Å²) in [5.41, 5.74) is 3.18. The number of ether oxygens (including phenoxy) is 1. The summed E-state index contributed by atoms with van der Waals surface area (Å²) in [6, 6.07) is 11.2. The fourth-order valence-corrected chi connectivity index (χ4v) is 3.21. The predicted molar refractivity (Wildman–Crippen MR) is 92.3 cm³/mol. The minimum absolute atomic E-state index is 0.0580. The molecule has 0 atom stereocenters. The van der Waals surface area contributed by atoms with Gasteiger partial charge >= 0.3 is 0 Å². The molecular formula is C18H17Cl2NO2. The molecule has 120 valence electrons. The average Bonchev–Trinajstić information content (AvgIpc) is 2.57. The van der Waals surface area contributed by atoms with E-state index >= 15 is 0 Å². The van der Waals surface area contributed by atoms with Gasteiger partial charge in [-0.3, -0.25) is 4.79 Å². The number of rotatable bonds is 3. The van der Waals surface area contributed by atoms with Gasteiger partial charge in [0.2, 0.25) is 5.91 Å². The van der Waals surface area contributed by atoms with E-state index in [-0.39, 0.29) is 12.3 Å². The average molecular weight is 350 g/mol. The number of halogens is 2. The van der Waals surface area contributed by atoms with E-state index in [1.807, 2.05) is 17.0 Å². The minimum atomic E-state index is 0.0580. The van der Waals surface area contributed by atoms with Crippen LogP contribution in [0.4, 0.5) is 0 Å². The first-order valence-electron chi connectivity index (χ1n) is 7.44. The first-order chi connectivity index (χ1) is 11.1. The third-order valence-electron chi connectivity index (χ3n) is 4.13. The SMILES string of the molecule is COc1ccc2c(c1)CN(C(=O)Cc1cc(Cl)ccc1Cl)CC2. The Morgan fingerprint density at radius 2 is 2.00 bits per heavy atom. The fraction of sp³-hybridized carbons (Fsp3) is 0.278. The fourth-order valence-electron chi connectivity index (χ4n) is 2.83. The molecule has 23 heavy (non-hydrogen) atoms. The van der Waals surface area contributed by atoms with E-state index in [1.54, 1.807) is 25.3 Å². The highest BCUT2D eigenvalue weighted by Crippen LogP contribution is 2.26. The van der Waals surface area contributed by atoms with Gasteiger partial charge < -0.3 is 9.64 Å². The van der Waals surface area contributed by atoms with Crippen LogP contribution in [0.3, 0.4) is 0 Å². The Morgan fingerprint density at radius 3 is 2.78 bits per heavy atom. The van der Waals surface area contributed by atoms with E-state index < -0.39 is 0 Å². The second-order valence-corrected chi connectivity index (χ2v) is 6.46. The molecule has 0 spiro atoms. The molecule has 1 aliphatic rings. The summed E-state index contributed by atoms with van der Waals surface area (Å²) < 4.78 is 5.26. The number of nitrogens with zero attached hydrogens (tertiary/aromatic N) is 1. The molecule has 5 heteroatoms. The van der Waals surface area contributed by atoms with Crippen molar-refractivity contribution in [3.05, 3.63) is 63.1 Å². The van der Waals surface area contributed by atoms with Crippen LogP contribution in [0.5, 0.6) is 5.75 Å². The maximum atomic E-state index is 12.6. The van der Waals surface area contributed by atoms with Crippen LogP contribution in [0.25, 0.3) is 0 Å². The van der Waals surface area contributed by atoms with Crippen molar-refractivity contribution in [2.24, 2.45) is 0 Å². The molecule has 3 nitrogen and oxygen atoms in total. The maximum Gasteiger partial charge on any atom is 0.227 e. The van der Waals surface area contributed by atoms with Crippen LogP contribution in [-0.4, -0.2) is 24.5 Å². The van der Waals surface area contributed by atoms with Gasteiger partial charge in [-0.1, -0.05) is 29.3 Å². The largest absolute Gasteiger partial charge is 0.497 e. The zero-order valence-electron chi connectivity index (χ0n) is 12.8. The molecule has 0 unspecified atom stereocenters. The molecule has 0 N–H and O–H groups in total. The Hall–Kier alpha value is -1.71. The normalized spacial score (nSPS) is 13.6. The molecular weight excluding hydrogens is 333 g/mol. The smallest absolute Gasteiger partial charge is 0.227 e. The van der Waals surface area contributed by atoms with E-state index in [2.05, 4.69) is 6.07 Å². The molecule has 1 aliphatic heterocycles. The van der Waals surface area contributed by atoms with Crippen molar-refractivity contribution < 1.29 is 9.53 Å². The van der Waals surface area contributed by atoms with Crippen LogP contribution >= 0.6 is 23.2 Å². The van der Waals surface area contributed by atoms with E-state index in [9.17, 15) is 4.79 Å². The summed E-state index contributed by atoms with van der Waals surface area (Å²) in [6.45, 7) is 1.32. The topological polar surface area (TPSA) is 29.5 Å². The van der Waals surface area contributed by atoms with E-state index in [0.29, 0.717) is 16.6 Å². The first-order valence-corrected chi connectivity index (χ1v) is 8.20. The van der Waals surface area contributed by atoms with Crippen molar-refractivity contribution in [1.29, 1.82) is 0 Å². The highest BCUT2D eigenvalue weighted by atomic mass is 35.5. The number of carbonyl (C=O) groups excluding carboxylic acids is 1. The summed E-state index contributed by atoms with van der Waals surface area (Å²) in [7, 11) is 1.65. The molecule has 0 bridgehead atoms. The van der Waals surface area contributed by atoms with Crippen molar-refractivity contribution in [3.63, 3.8) is 0 Å². The van der Waals surface area contributed by atoms with Crippen LogP contribution in [0.2, 0.25) is 10.0 Å². The van der Waals surface area contributed by atoms with Crippen LogP contribution in [-0.2, 0) is 24.2 Å². The summed E-state index contributed by atoms with van der Waals surface area (Å²) in [6.07, 6.45) is 1.12. The summed E-state index contributed by atoms with van der Waals surface area (Å²) in [4.78, 5) is 14.4. The van der Waals surface area contributed by atoms with Gasteiger partial charge in [0.05, 0.1) is 13.5 Å². The van der Waals surface area contributed by atoms with E-state index in [1.165, 1.54) is 5.56 Å². The molecule has 0 aliphatic carbocycles. The predicted octanol–water partition coefficient (Wildman–Crippen LogP) is 4.13. The second-order valence-electron chi connectivity index (χ2n) is 5.61. The van der Waals surface area contributed by atoms with E-state index in [4.69, 9.17) is 27.9 Å². The number of hydrogen-bond donors (Lipinski definition) is 0. The van der Waals surface area contributed by atoms with Gasteiger partial charge in [0.25, 0.3) is 0 Å². The third kappa shape index (κ3) is 3.62. The molecule has 0 radical (unpaired) electrons. The molecule has 1 heterocycles. The van der Waals surface area contributed by atoms with Gasteiger partial charge in [0.1, 0.15) is 5.75 Å². The summed E-state index contributed by atoms with van der Waals surface area (Å²) in [5.74, 6) is 0.874. The lowest BCUT2D eigenvalue weighted by Gasteiger charge is -2.29. The van der Waals surface area contributed by atoms with Crippen LogP contribution < -0.4 is 4.74 Å². The second kappa shape index (κ2) is 6.81. The molecule has 0 fully saturated rings. The Morgan fingerprint density at radius 1 is 1.17 bits per heavy atom. The van der Waals surface area contributed by atoms with Crippen LogP contribution in [0.15, 0.2) is 36.4 Å². The van der Waals surface area contributed by atoms with Crippen molar-refractivity contribution >= 4 is 29.1 Å². The van der Waals surface area contributed by atoms with Crippen molar-refractivity contribution in [3.8, 4) is 5.75 Å². The zero-order chi connectivity index (χ0) is 16.4.